The van der Waals surface area contributed by atoms with Gasteiger partial charge < -0.3 is 30.0 Å². The van der Waals surface area contributed by atoms with Crippen LogP contribution in [0.2, 0.25) is 5.02 Å². The van der Waals surface area contributed by atoms with Crippen LogP contribution in [0.25, 0.3) is 0 Å². The molecule has 2 unspecified atom stereocenters. The van der Waals surface area contributed by atoms with E-state index in [9.17, 15) is 24.3 Å². The molecule has 0 saturated carbocycles. The number of ether oxygens (including phenoxy) is 3. The number of rotatable bonds is 9. The first kappa shape index (κ1) is 37.9. The van der Waals surface area contributed by atoms with Gasteiger partial charge in [-0.05, 0) is 41.7 Å². The van der Waals surface area contributed by atoms with Crippen molar-refractivity contribution in [2.24, 2.45) is 17.8 Å². The van der Waals surface area contributed by atoms with Crippen molar-refractivity contribution in [2.45, 2.75) is 76.7 Å². The Kier molecular flexibility index (Phi) is 14.6. The lowest BCUT2D eigenvalue weighted by atomic mass is 9.90. The Balaban J connectivity index is 1.92. The van der Waals surface area contributed by atoms with Crippen molar-refractivity contribution in [1.29, 1.82) is 0 Å². The van der Waals surface area contributed by atoms with Gasteiger partial charge in [0, 0.05) is 25.3 Å². The Morgan fingerprint density at radius 3 is 2.36 bits per heavy atom. The number of cyclic esters (lactones) is 2. The summed E-state index contributed by atoms with van der Waals surface area (Å²) in [7, 11) is 1.49. The van der Waals surface area contributed by atoms with Crippen LogP contribution < -0.4 is 15.4 Å². The summed E-state index contributed by atoms with van der Waals surface area (Å²) < 4.78 is 16.7. The van der Waals surface area contributed by atoms with Crippen LogP contribution in [0.5, 0.6) is 5.75 Å². The molecule has 2 amide bonds. The van der Waals surface area contributed by atoms with Crippen LogP contribution in [0.15, 0.2) is 60.7 Å². The van der Waals surface area contributed by atoms with Crippen LogP contribution in [0.4, 0.5) is 0 Å². The zero-order valence-electron chi connectivity index (χ0n) is 27.3. The van der Waals surface area contributed by atoms with E-state index in [0.717, 1.165) is 0 Å². The predicted octanol–water partition coefficient (Wildman–Crippen LogP) is 4.93. The molecule has 0 fully saturated rings. The smallest absolute Gasteiger partial charge is 0.347 e. The molecule has 1 aliphatic heterocycles. The monoisotopic (exact) mass is 690 g/mol. The van der Waals surface area contributed by atoms with Crippen molar-refractivity contribution >= 4 is 47.0 Å². The predicted molar refractivity (Wildman–Crippen MR) is 179 cm³/mol. The summed E-state index contributed by atoms with van der Waals surface area (Å²) in [5.74, 6) is -3.64. The summed E-state index contributed by atoms with van der Waals surface area (Å²) in [5.41, 5.74) is 1.36. The number of methoxy groups -OCH3 is 1. The third-order valence-electron chi connectivity index (χ3n) is 7.93. The van der Waals surface area contributed by atoms with Gasteiger partial charge in [-0.3, -0.25) is 14.4 Å². The second kappa shape index (κ2) is 18.1. The third kappa shape index (κ3) is 11.3. The van der Waals surface area contributed by atoms with Crippen molar-refractivity contribution in [3.8, 4) is 5.75 Å². The number of aliphatic hydroxyl groups is 1. The molecule has 0 saturated heterocycles. The Hall–Kier alpha value is -3.60. The average molecular weight is 692 g/mol. The van der Waals surface area contributed by atoms with Crippen LogP contribution in [-0.2, 0) is 35.1 Å². The maximum Gasteiger partial charge on any atom is 0.347 e. The number of carbonyl (C=O) groups is 4. The summed E-state index contributed by atoms with van der Waals surface area (Å²) in [6.45, 7) is 6.91. The summed E-state index contributed by atoms with van der Waals surface area (Å²) in [6, 6.07) is 13.0. The fourth-order valence-corrected chi connectivity index (χ4v) is 5.72. The topological polar surface area (TPSA) is 140 Å². The lowest BCUT2D eigenvalue weighted by Gasteiger charge is -2.31. The Labute approximate surface area is 286 Å². The molecule has 10 nitrogen and oxygen atoms in total. The van der Waals surface area contributed by atoms with Crippen LogP contribution in [0, 0.1) is 17.8 Å². The second-order valence-electron chi connectivity index (χ2n) is 12.2. The number of benzene rings is 2. The van der Waals surface area contributed by atoms with Gasteiger partial charge in [-0.2, -0.15) is 0 Å². The van der Waals surface area contributed by atoms with Gasteiger partial charge >= 0.3 is 11.9 Å². The molecule has 2 aromatic rings. The molecule has 0 aromatic heterocycles. The summed E-state index contributed by atoms with van der Waals surface area (Å²) in [4.78, 5) is 52.9. The molecule has 0 spiro atoms. The number of esters is 2. The van der Waals surface area contributed by atoms with Gasteiger partial charge in [0.1, 0.15) is 17.9 Å². The molecule has 3 N–H and O–H groups in total. The number of alkyl halides is 1. The third-order valence-corrected chi connectivity index (χ3v) is 8.73. The van der Waals surface area contributed by atoms with Gasteiger partial charge in [0.2, 0.25) is 11.8 Å². The summed E-state index contributed by atoms with van der Waals surface area (Å²) in [6.07, 6.45) is -0.230. The highest BCUT2D eigenvalue weighted by atomic mass is 35.5. The minimum Gasteiger partial charge on any atom is -0.495 e. The number of carbonyl (C=O) groups excluding carboxylic acids is 4. The lowest BCUT2D eigenvalue weighted by molar-refractivity contribution is -0.177. The van der Waals surface area contributed by atoms with E-state index in [0.29, 0.717) is 21.9 Å². The van der Waals surface area contributed by atoms with Crippen molar-refractivity contribution in [1.82, 2.24) is 10.6 Å². The van der Waals surface area contributed by atoms with E-state index in [2.05, 4.69) is 10.6 Å². The van der Waals surface area contributed by atoms with Gasteiger partial charge in [0.05, 0.1) is 29.5 Å². The highest BCUT2D eigenvalue weighted by molar-refractivity contribution is 6.32. The molecule has 0 aliphatic carbocycles. The minimum absolute atomic E-state index is 0.0245. The van der Waals surface area contributed by atoms with Crippen molar-refractivity contribution in [3.63, 3.8) is 0 Å². The number of amides is 2. The van der Waals surface area contributed by atoms with E-state index in [-0.39, 0.29) is 31.7 Å². The number of aliphatic hydroxyl groups excluding tert-OH is 1. The van der Waals surface area contributed by atoms with Crippen LogP contribution >= 0.6 is 23.2 Å². The van der Waals surface area contributed by atoms with Gasteiger partial charge in [0.25, 0.3) is 0 Å². The number of nitrogens with one attached hydrogen (secondary N) is 2. The first-order chi connectivity index (χ1) is 22.3. The summed E-state index contributed by atoms with van der Waals surface area (Å²) in [5, 5.41) is 16.2. The molecule has 3 rings (SSSR count). The van der Waals surface area contributed by atoms with Gasteiger partial charge in [-0.25, -0.2) is 4.79 Å². The van der Waals surface area contributed by atoms with Crippen LogP contribution in [0.3, 0.4) is 0 Å². The van der Waals surface area contributed by atoms with Crippen molar-refractivity contribution in [2.75, 3.05) is 13.7 Å². The van der Waals surface area contributed by atoms with E-state index >= 15 is 0 Å². The fraction of sp³-hybridized carbons (Fsp3) is 0.486. The zero-order chi connectivity index (χ0) is 34.7. The normalized spacial score (nSPS) is 24.3. The molecule has 0 bridgehead atoms. The molecule has 2 aromatic carbocycles. The van der Waals surface area contributed by atoms with E-state index in [1.165, 1.54) is 19.3 Å². The molecule has 7 atom stereocenters. The Morgan fingerprint density at radius 2 is 1.72 bits per heavy atom. The molecule has 0 radical (unpaired) electrons. The molecule has 256 valence electrons. The average Bonchev–Trinajstić information content (AvgIpc) is 3.04. The number of halogens is 2. The van der Waals surface area contributed by atoms with Gasteiger partial charge in [-0.1, -0.05) is 81.8 Å². The molecular weight excluding hydrogens is 647 g/mol. The number of hydrogen-bond donors (Lipinski definition) is 3. The SMILES string of the molecule is COc1ccc(C[C@H]2NC(=O)/C=C\CC([C@H](C)C(O)[C@@H](Cl)c3ccccc3)OC(=O)[C@@H](CC(C)C)OC(=O)[C@H](C)CNC2=O)cc1Cl. The van der Waals surface area contributed by atoms with Gasteiger partial charge in [0.15, 0.2) is 6.10 Å². The number of hydrogen-bond acceptors (Lipinski definition) is 8. The second-order valence-corrected chi connectivity index (χ2v) is 13.1. The molecule has 12 heteroatoms. The maximum atomic E-state index is 13.5. The van der Waals surface area contributed by atoms with Crippen molar-refractivity contribution < 1.29 is 38.5 Å². The highest BCUT2D eigenvalue weighted by Gasteiger charge is 2.36. The van der Waals surface area contributed by atoms with E-state index in [1.54, 1.807) is 56.3 Å². The first-order valence-corrected chi connectivity index (χ1v) is 16.5. The molecule has 1 aliphatic rings. The first-order valence-electron chi connectivity index (χ1n) is 15.7. The quantitative estimate of drug-likeness (QED) is 0.249. The van der Waals surface area contributed by atoms with Crippen LogP contribution in [-0.4, -0.2) is 66.9 Å². The van der Waals surface area contributed by atoms with E-state index < -0.39 is 65.3 Å². The van der Waals surface area contributed by atoms with E-state index in [1.807, 2.05) is 19.9 Å². The fourth-order valence-electron chi connectivity index (χ4n) is 5.06. The maximum absolute atomic E-state index is 13.5. The lowest BCUT2D eigenvalue weighted by Crippen LogP contribution is -2.49. The van der Waals surface area contributed by atoms with Gasteiger partial charge in [-0.15, -0.1) is 11.6 Å². The highest BCUT2D eigenvalue weighted by Crippen LogP contribution is 2.32. The minimum atomic E-state index is -1.22. The van der Waals surface area contributed by atoms with Crippen molar-refractivity contribution in [3.05, 3.63) is 76.8 Å². The molecular formula is C35H44Cl2N2O8. The largest absolute Gasteiger partial charge is 0.495 e. The van der Waals surface area contributed by atoms with E-state index in [4.69, 9.17) is 37.4 Å². The molecule has 1 heterocycles. The molecule has 47 heavy (non-hydrogen) atoms. The standard InChI is InChI=1S/C35H44Cl2N2O8/c1-20(2)16-29-35(44)46-27(22(4)32(41)31(37)24-10-7-6-8-11-24)12-9-13-30(40)39-26(33(42)38-19-21(3)34(43)47-29)18-23-14-15-28(45-5)25(36)17-23/h6-11,13-15,17,20-22,26-27,29,31-32,41H,12,16,18-19H2,1-5H3,(H,38,42)(H,39,40)/b13-9-/t21-,22+,26-,27?,29-,31+,32?/m1/s1. The Morgan fingerprint density at radius 1 is 1.02 bits per heavy atom. The Bertz CT molecular complexity index is 1400. The van der Waals surface area contributed by atoms with Crippen LogP contribution in [0.1, 0.15) is 57.0 Å². The summed E-state index contributed by atoms with van der Waals surface area (Å²) >= 11 is 12.9. The zero-order valence-corrected chi connectivity index (χ0v) is 28.8.